The molecule has 1 heterocycles. The summed E-state index contributed by atoms with van der Waals surface area (Å²) in [5.41, 5.74) is 0.343. The topological polar surface area (TPSA) is 56.8 Å². The summed E-state index contributed by atoms with van der Waals surface area (Å²) >= 11 is 0. The average Bonchev–Trinajstić information content (AvgIpc) is 2.45. The van der Waals surface area contributed by atoms with Crippen LogP contribution in [-0.4, -0.2) is 45.1 Å². The Kier molecular flexibility index (Phi) is 4.89. The van der Waals surface area contributed by atoms with Crippen molar-refractivity contribution in [1.29, 1.82) is 0 Å². The third kappa shape index (κ3) is 4.82. The zero-order valence-electron chi connectivity index (χ0n) is 11.0. The lowest BCUT2D eigenvalue weighted by molar-refractivity contribution is -0.173. The highest BCUT2D eigenvalue weighted by Gasteiger charge is 2.27. The van der Waals surface area contributed by atoms with Crippen molar-refractivity contribution in [2.75, 3.05) is 33.0 Å². The zero-order valence-corrected chi connectivity index (χ0v) is 11.0. The standard InChI is InChI=1S/C13H14F3NO4/c14-13(15,16)8-19-4-3-17-12(18)9-1-2-10-11(7-9)21-6-5-20-10/h1-2,7H,3-6,8H2,(H,17,18). The van der Waals surface area contributed by atoms with Crippen molar-refractivity contribution in [3.63, 3.8) is 0 Å². The van der Waals surface area contributed by atoms with E-state index >= 15 is 0 Å². The Morgan fingerprint density at radius 3 is 2.67 bits per heavy atom. The Labute approximate surface area is 119 Å². The molecule has 0 unspecified atom stereocenters. The average molecular weight is 305 g/mol. The first-order chi connectivity index (χ1) is 9.96. The molecule has 1 aliphatic rings. The van der Waals surface area contributed by atoms with Crippen LogP contribution in [0.3, 0.4) is 0 Å². The molecule has 1 aliphatic heterocycles. The van der Waals surface area contributed by atoms with Crippen molar-refractivity contribution >= 4 is 5.91 Å². The van der Waals surface area contributed by atoms with E-state index in [0.29, 0.717) is 30.3 Å². The fourth-order valence-electron chi connectivity index (χ4n) is 1.71. The van der Waals surface area contributed by atoms with Gasteiger partial charge >= 0.3 is 6.18 Å². The number of benzene rings is 1. The van der Waals surface area contributed by atoms with E-state index in [0.717, 1.165) is 0 Å². The lowest BCUT2D eigenvalue weighted by atomic mass is 10.2. The number of hydrogen-bond donors (Lipinski definition) is 1. The van der Waals surface area contributed by atoms with Crippen molar-refractivity contribution < 1.29 is 32.2 Å². The number of fused-ring (bicyclic) bond motifs is 1. The van der Waals surface area contributed by atoms with Crippen LogP contribution >= 0.6 is 0 Å². The molecule has 0 saturated carbocycles. The van der Waals surface area contributed by atoms with Gasteiger partial charge in [0.25, 0.3) is 5.91 Å². The van der Waals surface area contributed by atoms with E-state index in [1.54, 1.807) is 12.1 Å². The second-order valence-electron chi connectivity index (χ2n) is 4.28. The molecule has 0 aliphatic carbocycles. The number of carbonyl (C=O) groups excluding carboxylic acids is 1. The molecule has 0 radical (unpaired) electrons. The van der Waals surface area contributed by atoms with Crippen LogP contribution in [0.5, 0.6) is 11.5 Å². The van der Waals surface area contributed by atoms with Gasteiger partial charge in [0.2, 0.25) is 0 Å². The van der Waals surface area contributed by atoms with Gasteiger partial charge in [0.15, 0.2) is 11.5 Å². The Hall–Kier alpha value is -1.96. The quantitative estimate of drug-likeness (QED) is 0.842. The van der Waals surface area contributed by atoms with Crippen molar-refractivity contribution in [2.24, 2.45) is 0 Å². The highest BCUT2D eigenvalue weighted by atomic mass is 19.4. The molecule has 0 spiro atoms. The Morgan fingerprint density at radius 2 is 1.95 bits per heavy atom. The number of hydrogen-bond acceptors (Lipinski definition) is 4. The van der Waals surface area contributed by atoms with Gasteiger partial charge in [-0.05, 0) is 18.2 Å². The van der Waals surface area contributed by atoms with Crippen LogP contribution in [0, 0.1) is 0 Å². The molecule has 1 amide bonds. The largest absolute Gasteiger partial charge is 0.486 e. The predicted octanol–water partition coefficient (Wildman–Crippen LogP) is 1.77. The highest BCUT2D eigenvalue weighted by Crippen LogP contribution is 2.30. The number of carbonyl (C=O) groups is 1. The van der Waals surface area contributed by atoms with Crippen molar-refractivity contribution in [3.8, 4) is 11.5 Å². The Balaban J connectivity index is 1.78. The molecule has 0 aromatic heterocycles. The molecule has 1 aromatic rings. The summed E-state index contributed by atoms with van der Waals surface area (Å²) in [6.07, 6.45) is -4.36. The second-order valence-corrected chi connectivity index (χ2v) is 4.28. The van der Waals surface area contributed by atoms with Crippen LogP contribution in [0.25, 0.3) is 0 Å². The van der Waals surface area contributed by atoms with E-state index in [-0.39, 0.29) is 13.2 Å². The molecule has 0 bridgehead atoms. The molecule has 1 N–H and O–H groups in total. The third-order valence-corrected chi connectivity index (χ3v) is 2.60. The number of rotatable bonds is 5. The molecule has 5 nitrogen and oxygen atoms in total. The zero-order chi connectivity index (χ0) is 15.3. The lowest BCUT2D eigenvalue weighted by Gasteiger charge is -2.18. The minimum Gasteiger partial charge on any atom is -0.486 e. The fourth-order valence-corrected chi connectivity index (χ4v) is 1.71. The van der Waals surface area contributed by atoms with Crippen LogP contribution in [0.15, 0.2) is 18.2 Å². The first-order valence-corrected chi connectivity index (χ1v) is 6.28. The van der Waals surface area contributed by atoms with Gasteiger partial charge < -0.3 is 19.5 Å². The van der Waals surface area contributed by atoms with Gasteiger partial charge in [0.05, 0.1) is 6.61 Å². The van der Waals surface area contributed by atoms with Gasteiger partial charge in [-0.25, -0.2) is 0 Å². The minimum atomic E-state index is -4.36. The first-order valence-electron chi connectivity index (χ1n) is 6.28. The molecule has 0 atom stereocenters. The smallest absolute Gasteiger partial charge is 0.411 e. The highest BCUT2D eigenvalue weighted by molar-refractivity contribution is 5.94. The molecular weight excluding hydrogens is 291 g/mol. The number of halogens is 3. The SMILES string of the molecule is O=C(NCCOCC(F)(F)F)c1ccc2c(c1)OCCO2. The van der Waals surface area contributed by atoms with Gasteiger partial charge in [-0.15, -0.1) is 0 Å². The summed E-state index contributed by atoms with van der Waals surface area (Å²) in [7, 11) is 0. The van der Waals surface area contributed by atoms with Crippen LogP contribution in [-0.2, 0) is 4.74 Å². The summed E-state index contributed by atoms with van der Waals surface area (Å²) in [5.74, 6) is 0.621. The number of amides is 1. The van der Waals surface area contributed by atoms with Crippen LogP contribution in [0.4, 0.5) is 13.2 Å². The molecule has 2 rings (SSSR count). The summed E-state index contributed by atoms with van der Waals surface area (Å²) in [6, 6.07) is 4.70. The van der Waals surface area contributed by atoms with Crippen molar-refractivity contribution in [3.05, 3.63) is 23.8 Å². The molecule has 0 fully saturated rings. The monoisotopic (exact) mass is 305 g/mol. The Morgan fingerprint density at radius 1 is 1.24 bits per heavy atom. The van der Waals surface area contributed by atoms with E-state index in [4.69, 9.17) is 9.47 Å². The second kappa shape index (κ2) is 6.66. The molecule has 1 aromatic carbocycles. The van der Waals surface area contributed by atoms with Crippen molar-refractivity contribution in [1.82, 2.24) is 5.32 Å². The summed E-state index contributed by atoms with van der Waals surface area (Å²) < 4.78 is 50.5. The first kappa shape index (κ1) is 15.4. The third-order valence-electron chi connectivity index (χ3n) is 2.60. The minimum absolute atomic E-state index is 0.0106. The van der Waals surface area contributed by atoms with Gasteiger partial charge in [0, 0.05) is 12.1 Å². The van der Waals surface area contributed by atoms with Gasteiger partial charge in [-0.1, -0.05) is 0 Å². The maximum absolute atomic E-state index is 11.8. The van der Waals surface area contributed by atoms with E-state index in [9.17, 15) is 18.0 Å². The van der Waals surface area contributed by atoms with Crippen LogP contribution in [0.1, 0.15) is 10.4 Å². The maximum Gasteiger partial charge on any atom is 0.411 e. The summed E-state index contributed by atoms with van der Waals surface area (Å²) in [5, 5.41) is 2.46. The van der Waals surface area contributed by atoms with E-state index in [2.05, 4.69) is 10.1 Å². The molecule has 21 heavy (non-hydrogen) atoms. The molecule has 8 heteroatoms. The van der Waals surface area contributed by atoms with Crippen LogP contribution in [0.2, 0.25) is 0 Å². The number of nitrogens with one attached hydrogen (secondary N) is 1. The Bertz CT molecular complexity index is 505. The van der Waals surface area contributed by atoms with Gasteiger partial charge in [0.1, 0.15) is 19.8 Å². The van der Waals surface area contributed by atoms with Crippen LogP contribution < -0.4 is 14.8 Å². The fraction of sp³-hybridized carbons (Fsp3) is 0.462. The van der Waals surface area contributed by atoms with Gasteiger partial charge in [-0.3, -0.25) is 4.79 Å². The van der Waals surface area contributed by atoms with Crippen molar-refractivity contribution in [2.45, 2.75) is 6.18 Å². The number of alkyl halides is 3. The maximum atomic E-state index is 11.8. The normalized spacial score (nSPS) is 13.9. The summed E-state index contributed by atoms with van der Waals surface area (Å²) in [4.78, 5) is 11.8. The van der Waals surface area contributed by atoms with E-state index in [1.807, 2.05) is 0 Å². The molecule has 116 valence electrons. The number of ether oxygens (including phenoxy) is 3. The van der Waals surface area contributed by atoms with Gasteiger partial charge in [-0.2, -0.15) is 13.2 Å². The molecular formula is C13H14F3NO4. The summed E-state index contributed by atoms with van der Waals surface area (Å²) in [6.45, 7) is -0.690. The predicted molar refractivity (Wildman–Crippen MR) is 66.6 cm³/mol. The lowest BCUT2D eigenvalue weighted by Crippen LogP contribution is -2.29. The van der Waals surface area contributed by atoms with E-state index < -0.39 is 18.7 Å². The van der Waals surface area contributed by atoms with E-state index in [1.165, 1.54) is 6.07 Å². The molecule has 0 saturated heterocycles.